The zero-order chi connectivity index (χ0) is 14.8. The normalized spacial score (nSPS) is 18.7. The Bertz CT molecular complexity index is 615. The summed E-state index contributed by atoms with van der Waals surface area (Å²) >= 11 is 0. The maximum absolute atomic E-state index is 6.54. The van der Waals surface area contributed by atoms with Gasteiger partial charge in [0, 0.05) is 6.04 Å². The number of hydrogen-bond donors (Lipinski definition) is 1. The number of benzene rings is 2. The summed E-state index contributed by atoms with van der Waals surface area (Å²) < 4.78 is 5.75. The Morgan fingerprint density at radius 3 is 2.57 bits per heavy atom. The van der Waals surface area contributed by atoms with Gasteiger partial charge in [0.25, 0.3) is 0 Å². The molecule has 0 saturated carbocycles. The highest BCUT2D eigenvalue weighted by molar-refractivity contribution is 5.40. The molecule has 2 N–H and O–H groups in total. The van der Waals surface area contributed by atoms with Crippen LogP contribution in [0.25, 0.3) is 0 Å². The molecule has 0 fully saturated rings. The summed E-state index contributed by atoms with van der Waals surface area (Å²) in [7, 11) is 0. The van der Waals surface area contributed by atoms with Crippen LogP contribution in [0, 0.1) is 13.8 Å². The van der Waals surface area contributed by atoms with E-state index >= 15 is 0 Å². The molecule has 2 nitrogen and oxygen atoms in total. The van der Waals surface area contributed by atoms with Crippen LogP contribution in [-0.2, 0) is 0 Å². The third-order valence-corrected chi connectivity index (χ3v) is 4.53. The summed E-state index contributed by atoms with van der Waals surface area (Å²) in [4.78, 5) is 0. The molecule has 0 amide bonds. The van der Waals surface area contributed by atoms with Gasteiger partial charge < -0.3 is 10.5 Å². The summed E-state index contributed by atoms with van der Waals surface area (Å²) in [6.45, 7) is 5.10. The van der Waals surface area contributed by atoms with Gasteiger partial charge >= 0.3 is 0 Å². The second-order valence-electron chi connectivity index (χ2n) is 6.02. The van der Waals surface area contributed by atoms with Gasteiger partial charge in [-0.15, -0.1) is 0 Å². The molecule has 21 heavy (non-hydrogen) atoms. The van der Waals surface area contributed by atoms with Gasteiger partial charge in [-0.2, -0.15) is 0 Å². The van der Waals surface area contributed by atoms with Crippen molar-refractivity contribution in [2.75, 3.05) is 6.61 Å². The minimum Gasteiger partial charge on any atom is -0.493 e. The minimum atomic E-state index is 0.0855. The van der Waals surface area contributed by atoms with E-state index in [1.165, 1.54) is 22.3 Å². The number of rotatable bonds is 3. The first-order valence-corrected chi connectivity index (χ1v) is 7.70. The number of para-hydroxylation sites is 1. The summed E-state index contributed by atoms with van der Waals surface area (Å²) in [5.41, 5.74) is 11.7. The fourth-order valence-corrected chi connectivity index (χ4v) is 3.50. The molecule has 0 saturated heterocycles. The highest BCUT2D eigenvalue weighted by Gasteiger charge is 2.24. The summed E-state index contributed by atoms with van der Waals surface area (Å²) in [5, 5.41) is 0. The Hall–Kier alpha value is -1.80. The Morgan fingerprint density at radius 2 is 1.81 bits per heavy atom. The molecule has 0 radical (unpaired) electrons. The van der Waals surface area contributed by atoms with E-state index in [1.54, 1.807) is 0 Å². The number of nitrogens with two attached hydrogens (primary N) is 1. The molecule has 0 bridgehead atoms. The van der Waals surface area contributed by atoms with Crippen LogP contribution in [0.2, 0.25) is 0 Å². The van der Waals surface area contributed by atoms with Crippen molar-refractivity contribution < 1.29 is 4.74 Å². The standard InChI is InChI=1S/C19H23NO/c1-13-6-5-7-14(2)19(13)17(20)12-15-10-11-21-18-9-4-3-8-16(15)18/h3-9,15,17H,10-12,20H2,1-2H3. The lowest BCUT2D eigenvalue weighted by Crippen LogP contribution is -2.21. The lowest BCUT2D eigenvalue weighted by Gasteiger charge is -2.29. The van der Waals surface area contributed by atoms with Crippen molar-refractivity contribution in [2.45, 2.75) is 38.6 Å². The Balaban J connectivity index is 1.85. The first-order valence-electron chi connectivity index (χ1n) is 7.70. The zero-order valence-electron chi connectivity index (χ0n) is 12.8. The van der Waals surface area contributed by atoms with Gasteiger partial charge in [-0.05, 0) is 60.9 Å². The van der Waals surface area contributed by atoms with E-state index in [0.29, 0.717) is 5.92 Å². The maximum atomic E-state index is 6.54. The van der Waals surface area contributed by atoms with Crippen molar-refractivity contribution in [3.63, 3.8) is 0 Å². The first-order chi connectivity index (χ1) is 10.2. The van der Waals surface area contributed by atoms with Crippen LogP contribution < -0.4 is 10.5 Å². The molecule has 1 aliphatic heterocycles. The molecule has 3 rings (SSSR count). The summed E-state index contributed by atoms with van der Waals surface area (Å²) in [6.07, 6.45) is 2.03. The number of aryl methyl sites for hydroxylation is 2. The average molecular weight is 281 g/mol. The van der Waals surface area contributed by atoms with E-state index in [9.17, 15) is 0 Å². The summed E-state index contributed by atoms with van der Waals surface area (Å²) in [5.74, 6) is 1.52. The van der Waals surface area contributed by atoms with Gasteiger partial charge in [-0.1, -0.05) is 36.4 Å². The molecule has 1 aliphatic rings. The smallest absolute Gasteiger partial charge is 0.122 e. The summed E-state index contributed by atoms with van der Waals surface area (Å²) in [6, 6.07) is 14.9. The molecule has 1 heterocycles. The van der Waals surface area contributed by atoms with Gasteiger partial charge in [0.1, 0.15) is 5.75 Å². The monoisotopic (exact) mass is 281 g/mol. The van der Waals surface area contributed by atoms with E-state index in [-0.39, 0.29) is 6.04 Å². The fraction of sp³-hybridized carbons (Fsp3) is 0.368. The predicted molar refractivity (Wildman–Crippen MR) is 86.8 cm³/mol. The predicted octanol–water partition coefficient (Wildman–Crippen LogP) is 4.26. The lowest BCUT2D eigenvalue weighted by atomic mass is 9.84. The Kier molecular flexibility index (Phi) is 3.98. The third-order valence-electron chi connectivity index (χ3n) is 4.53. The van der Waals surface area contributed by atoms with Crippen LogP contribution in [-0.4, -0.2) is 6.61 Å². The molecular weight excluding hydrogens is 258 g/mol. The van der Waals surface area contributed by atoms with Crippen molar-refractivity contribution >= 4 is 0 Å². The van der Waals surface area contributed by atoms with E-state index in [2.05, 4.69) is 50.2 Å². The SMILES string of the molecule is Cc1cccc(C)c1C(N)CC1CCOc2ccccc21. The Morgan fingerprint density at radius 1 is 1.10 bits per heavy atom. The van der Waals surface area contributed by atoms with Crippen molar-refractivity contribution in [2.24, 2.45) is 5.73 Å². The third kappa shape index (κ3) is 2.81. The second-order valence-corrected chi connectivity index (χ2v) is 6.02. The number of ether oxygens (including phenoxy) is 1. The van der Waals surface area contributed by atoms with Crippen LogP contribution in [0.4, 0.5) is 0 Å². The van der Waals surface area contributed by atoms with Gasteiger partial charge in [0.15, 0.2) is 0 Å². The van der Waals surface area contributed by atoms with Crippen LogP contribution in [0.15, 0.2) is 42.5 Å². The molecule has 2 unspecified atom stereocenters. The largest absolute Gasteiger partial charge is 0.493 e. The van der Waals surface area contributed by atoms with Gasteiger partial charge in [0.2, 0.25) is 0 Å². The van der Waals surface area contributed by atoms with Gasteiger partial charge in [-0.3, -0.25) is 0 Å². The highest BCUT2D eigenvalue weighted by atomic mass is 16.5. The van der Waals surface area contributed by atoms with E-state index in [4.69, 9.17) is 10.5 Å². The van der Waals surface area contributed by atoms with Gasteiger partial charge in [-0.25, -0.2) is 0 Å². The molecule has 0 aliphatic carbocycles. The van der Waals surface area contributed by atoms with Gasteiger partial charge in [0.05, 0.1) is 6.61 Å². The molecule has 0 aromatic heterocycles. The van der Waals surface area contributed by atoms with Crippen LogP contribution >= 0.6 is 0 Å². The van der Waals surface area contributed by atoms with Crippen molar-refractivity contribution in [3.8, 4) is 5.75 Å². The number of fused-ring (bicyclic) bond motifs is 1. The van der Waals surface area contributed by atoms with Crippen molar-refractivity contribution in [1.29, 1.82) is 0 Å². The maximum Gasteiger partial charge on any atom is 0.122 e. The average Bonchev–Trinajstić information content (AvgIpc) is 2.47. The molecule has 2 atom stereocenters. The molecule has 110 valence electrons. The van der Waals surface area contributed by atoms with Crippen LogP contribution in [0.3, 0.4) is 0 Å². The van der Waals surface area contributed by atoms with Crippen molar-refractivity contribution in [1.82, 2.24) is 0 Å². The topological polar surface area (TPSA) is 35.2 Å². The van der Waals surface area contributed by atoms with Crippen LogP contribution in [0.1, 0.15) is 47.1 Å². The van der Waals surface area contributed by atoms with E-state index in [1.807, 2.05) is 6.07 Å². The lowest BCUT2D eigenvalue weighted by molar-refractivity contribution is 0.259. The molecule has 2 aromatic rings. The quantitative estimate of drug-likeness (QED) is 0.912. The molecular formula is C19H23NO. The number of hydrogen-bond acceptors (Lipinski definition) is 2. The van der Waals surface area contributed by atoms with E-state index in [0.717, 1.165) is 25.2 Å². The molecule has 0 spiro atoms. The van der Waals surface area contributed by atoms with Crippen LogP contribution in [0.5, 0.6) is 5.75 Å². The Labute approximate surface area is 126 Å². The second kappa shape index (κ2) is 5.90. The highest BCUT2D eigenvalue weighted by Crippen LogP contribution is 2.39. The zero-order valence-corrected chi connectivity index (χ0v) is 12.8. The first kappa shape index (κ1) is 14.2. The molecule has 2 aromatic carbocycles. The molecule has 2 heteroatoms. The fourth-order valence-electron chi connectivity index (χ4n) is 3.50. The van der Waals surface area contributed by atoms with Crippen molar-refractivity contribution in [3.05, 3.63) is 64.7 Å². The minimum absolute atomic E-state index is 0.0855. The van der Waals surface area contributed by atoms with E-state index < -0.39 is 0 Å².